The summed E-state index contributed by atoms with van der Waals surface area (Å²) in [6.07, 6.45) is 1.12. The van der Waals surface area contributed by atoms with E-state index in [0.29, 0.717) is 23.4 Å². The molecule has 122 valence electrons. The summed E-state index contributed by atoms with van der Waals surface area (Å²) < 4.78 is 4.97. The number of rotatable bonds is 5. The number of carbonyl (C=O) groups is 2. The minimum Gasteiger partial charge on any atom is -0.478 e. The zero-order valence-corrected chi connectivity index (χ0v) is 14.5. The minimum atomic E-state index is -1.13. The van der Waals surface area contributed by atoms with Crippen LogP contribution in [0, 0.1) is 5.41 Å². The van der Waals surface area contributed by atoms with Gasteiger partial charge in [-0.1, -0.05) is 39.3 Å². The molecule has 1 aromatic rings. The molecule has 0 heterocycles. The van der Waals surface area contributed by atoms with Crippen LogP contribution in [-0.4, -0.2) is 23.7 Å². The fourth-order valence-electron chi connectivity index (χ4n) is 2.47. The Balaban J connectivity index is 3.67. The highest BCUT2D eigenvalue weighted by molar-refractivity contribution is 6.32. The van der Waals surface area contributed by atoms with Crippen molar-refractivity contribution >= 4 is 23.5 Å². The number of carbonyl (C=O) groups excluding carboxylic acids is 1. The average molecular weight is 327 g/mol. The van der Waals surface area contributed by atoms with E-state index in [9.17, 15) is 14.7 Å². The summed E-state index contributed by atoms with van der Waals surface area (Å²) in [4.78, 5) is 23.9. The lowest BCUT2D eigenvalue weighted by molar-refractivity contribution is 0.0514. The number of halogens is 1. The molecule has 1 aromatic carbocycles. The largest absolute Gasteiger partial charge is 0.478 e. The van der Waals surface area contributed by atoms with Crippen molar-refractivity contribution in [3.05, 3.63) is 33.3 Å². The molecule has 0 fully saturated rings. The molecule has 1 rings (SSSR count). The van der Waals surface area contributed by atoms with Crippen LogP contribution in [0.25, 0.3) is 0 Å². The summed E-state index contributed by atoms with van der Waals surface area (Å²) >= 11 is 6.28. The molecular weight excluding hydrogens is 304 g/mol. The molecule has 0 spiro atoms. The summed E-state index contributed by atoms with van der Waals surface area (Å²) in [5, 5.41) is 10.0. The molecule has 4 nitrogen and oxygen atoms in total. The Morgan fingerprint density at radius 1 is 1.23 bits per heavy atom. The highest BCUT2D eigenvalue weighted by atomic mass is 35.5. The van der Waals surface area contributed by atoms with Crippen LogP contribution in [0.15, 0.2) is 6.07 Å². The molecule has 0 amide bonds. The second-order valence-corrected chi connectivity index (χ2v) is 6.76. The zero-order valence-electron chi connectivity index (χ0n) is 13.7. The van der Waals surface area contributed by atoms with Crippen LogP contribution in [0.2, 0.25) is 5.02 Å². The predicted octanol–water partition coefficient (Wildman–Crippen LogP) is 4.37. The van der Waals surface area contributed by atoms with E-state index < -0.39 is 11.9 Å². The van der Waals surface area contributed by atoms with E-state index in [4.69, 9.17) is 16.3 Å². The third-order valence-electron chi connectivity index (χ3n) is 3.26. The van der Waals surface area contributed by atoms with Gasteiger partial charge in [-0.15, -0.1) is 0 Å². The van der Waals surface area contributed by atoms with Gasteiger partial charge in [-0.25, -0.2) is 9.59 Å². The predicted molar refractivity (Wildman–Crippen MR) is 86.9 cm³/mol. The zero-order chi connectivity index (χ0) is 17.1. The number of benzene rings is 1. The van der Waals surface area contributed by atoms with Crippen molar-refractivity contribution in [3.63, 3.8) is 0 Å². The van der Waals surface area contributed by atoms with Gasteiger partial charge in [0.15, 0.2) is 0 Å². The summed E-state index contributed by atoms with van der Waals surface area (Å²) in [6.45, 7) is 9.83. The maximum atomic E-state index is 12.1. The molecule has 0 saturated heterocycles. The molecule has 0 atom stereocenters. The van der Waals surface area contributed by atoms with Crippen LogP contribution < -0.4 is 0 Å². The Hall–Kier alpha value is -1.55. The third kappa shape index (κ3) is 4.23. The van der Waals surface area contributed by atoms with Gasteiger partial charge in [-0.3, -0.25) is 0 Å². The maximum Gasteiger partial charge on any atom is 0.339 e. The smallest absolute Gasteiger partial charge is 0.339 e. The van der Waals surface area contributed by atoms with Crippen molar-refractivity contribution in [2.45, 2.75) is 47.5 Å². The highest BCUT2D eigenvalue weighted by Crippen LogP contribution is 2.33. The Labute approximate surface area is 136 Å². The van der Waals surface area contributed by atoms with E-state index in [1.807, 2.05) is 27.7 Å². The molecule has 0 aliphatic carbocycles. The fourth-order valence-corrected chi connectivity index (χ4v) is 2.82. The number of esters is 1. The SMILES string of the molecule is CCOC(=O)c1cc(Cl)c(CC)c(CC(C)(C)C)c1C(=O)O. The molecule has 5 heteroatoms. The summed E-state index contributed by atoms with van der Waals surface area (Å²) in [5.41, 5.74) is 1.30. The fraction of sp³-hybridized carbons (Fsp3) is 0.529. The second-order valence-electron chi connectivity index (χ2n) is 6.35. The molecule has 0 saturated carbocycles. The van der Waals surface area contributed by atoms with Crippen molar-refractivity contribution in [2.75, 3.05) is 6.61 Å². The van der Waals surface area contributed by atoms with Crippen LogP contribution in [0.5, 0.6) is 0 Å². The van der Waals surface area contributed by atoms with Crippen LogP contribution in [0.1, 0.15) is 66.5 Å². The summed E-state index contributed by atoms with van der Waals surface area (Å²) in [7, 11) is 0. The quantitative estimate of drug-likeness (QED) is 0.816. The first-order valence-corrected chi connectivity index (χ1v) is 7.74. The normalized spacial score (nSPS) is 11.4. The number of ether oxygens (including phenoxy) is 1. The Morgan fingerprint density at radius 2 is 1.82 bits per heavy atom. The molecule has 22 heavy (non-hydrogen) atoms. The van der Waals surface area contributed by atoms with Crippen molar-refractivity contribution in [1.82, 2.24) is 0 Å². The van der Waals surface area contributed by atoms with E-state index in [-0.39, 0.29) is 23.1 Å². The number of carboxylic acid groups (broad SMARTS) is 1. The Kier molecular flexibility index (Phi) is 6.00. The van der Waals surface area contributed by atoms with E-state index >= 15 is 0 Å². The molecule has 0 unspecified atom stereocenters. The lowest BCUT2D eigenvalue weighted by Gasteiger charge is -2.24. The van der Waals surface area contributed by atoms with Crippen LogP contribution in [0.4, 0.5) is 0 Å². The first-order chi connectivity index (χ1) is 10.1. The number of hydrogen-bond donors (Lipinski definition) is 1. The van der Waals surface area contributed by atoms with Crippen LogP contribution >= 0.6 is 11.6 Å². The monoisotopic (exact) mass is 326 g/mol. The molecule has 0 radical (unpaired) electrons. The second kappa shape index (κ2) is 7.14. The summed E-state index contributed by atoms with van der Waals surface area (Å²) in [6, 6.07) is 1.41. The highest BCUT2D eigenvalue weighted by Gasteiger charge is 2.28. The molecule has 0 aliphatic rings. The molecule has 1 N–H and O–H groups in total. The Morgan fingerprint density at radius 3 is 2.23 bits per heavy atom. The van der Waals surface area contributed by atoms with Crippen LogP contribution in [-0.2, 0) is 17.6 Å². The van der Waals surface area contributed by atoms with E-state index in [1.54, 1.807) is 6.92 Å². The van der Waals surface area contributed by atoms with Crippen molar-refractivity contribution < 1.29 is 19.4 Å². The molecule has 0 bridgehead atoms. The van der Waals surface area contributed by atoms with Crippen molar-refractivity contribution in [3.8, 4) is 0 Å². The molecular formula is C17H23ClO4. The number of aromatic carboxylic acids is 1. The lowest BCUT2D eigenvalue weighted by atomic mass is 9.82. The summed E-state index contributed by atoms with van der Waals surface area (Å²) in [5.74, 6) is -1.78. The van der Waals surface area contributed by atoms with Crippen LogP contribution in [0.3, 0.4) is 0 Å². The van der Waals surface area contributed by atoms with E-state index in [1.165, 1.54) is 6.07 Å². The van der Waals surface area contributed by atoms with Gasteiger partial charge >= 0.3 is 11.9 Å². The topological polar surface area (TPSA) is 63.6 Å². The van der Waals surface area contributed by atoms with Gasteiger partial charge in [0.1, 0.15) is 0 Å². The molecule has 0 aliphatic heterocycles. The first-order valence-electron chi connectivity index (χ1n) is 7.37. The van der Waals surface area contributed by atoms with E-state index in [0.717, 1.165) is 5.56 Å². The standard InChI is InChI=1S/C17H23ClO4/c1-6-10-12(9-17(3,4)5)14(15(19)20)11(8-13(10)18)16(21)22-7-2/h8H,6-7,9H2,1-5H3,(H,19,20). The maximum absolute atomic E-state index is 12.1. The number of carboxylic acids is 1. The van der Waals surface area contributed by atoms with Gasteiger partial charge in [0.05, 0.1) is 17.7 Å². The third-order valence-corrected chi connectivity index (χ3v) is 3.60. The van der Waals surface area contributed by atoms with Gasteiger partial charge < -0.3 is 9.84 Å². The van der Waals surface area contributed by atoms with Gasteiger partial charge in [0, 0.05) is 5.02 Å². The minimum absolute atomic E-state index is 0.00891. The average Bonchev–Trinajstić information content (AvgIpc) is 2.36. The Bertz CT molecular complexity index is 585. The van der Waals surface area contributed by atoms with Crippen molar-refractivity contribution in [1.29, 1.82) is 0 Å². The number of hydrogen-bond acceptors (Lipinski definition) is 3. The van der Waals surface area contributed by atoms with E-state index in [2.05, 4.69) is 0 Å². The first kappa shape index (κ1) is 18.5. The lowest BCUT2D eigenvalue weighted by Crippen LogP contribution is -2.20. The van der Waals surface area contributed by atoms with Gasteiger partial charge in [0.2, 0.25) is 0 Å². The van der Waals surface area contributed by atoms with Gasteiger partial charge in [-0.05, 0) is 42.4 Å². The van der Waals surface area contributed by atoms with Crippen molar-refractivity contribution in [2.24, 2.45) is 5.41 Å². The van der Waals surface area contributed by atoms with Gasteiger partial charge in [0.25, 0.3) is 0 Å². The van der Waals surface area contributed by atoms with Gasteiger partial charge in [-0.2, -0.15) is 0 Å². The molecule has 0 aromatic heterocycles.